The zero-order chi connectivity index (χ0) is 42.6. The fourth-order valence-electron chi connectivity index (χ4n) is 11.7. The quantitative estimate of drug-likeness (QED) is 0.168. The van der Waals surface area contributed by atoms with Crippen LogP contribution in [-0.2, 0) is 5.41 Å². The molecule has 2 nitrogen and oxygen atoms in total. The number of fused-ring (bicyclic) bond motifs is 14. The van der Waals surface area contributed by atoms with E-state index in [2.05, 4.69) is 252 Å². The first-order valence-corrected chi connectivity index (χ1v) is 22.6. The van der Waals surface area contributed by atoms with Crippen LogP contribution >= 0.6 is 0 Å². The lowest BCUT2D eigenvalue weighted by Crippen LogP contribution is -2.33. The molecule has 1 unspecified atom stereocenters. The van der Waals surface area contributed by atoms with Crippen molar-refractivity contribution < 1.29 is 0 Å². The van der Waals surface area contributed by atoms with E-state index in [1.165, 1.54) is 105 Å². The molecule has 302 valence electrons. The highest BCUT2D eigenvalue weighted by Crippen LogP contribution is 2.61. The molecule has 0 saturated heterocycles. The maximum Gasteiger partial charge on any atom is 0.0754 e. The van der Waals surface area contributed by atoms with Crippen molar-refractivity contribution in [3.63, 3.8) is 0 Å². The fraction of sp³-hybridized carbons (Fsp3) is 0.0159. The summed E-state index contributed by atoms with van der Waals surface area (Å²) in [6.07, 6.45) is 0. The molecule has 2 aliphatic rings. The smallest absolute Gasteiger partial charge is 0.0754 e. The molecule has 0 amide bonds. The average Bonchev–Trinajstić information content (AvgIpc) is 3.87. The summed E-state index contributed by atoms with van der Waals surface area (Å²) in [7, 11) is 0. The molecule has 1 aromatic heterocycles. The van der Waals surface area contributed by atoms with E-state index < -0.39 is 5.41 Å². The van der Waals surface area contributed by atoms with E-state index in [0.717, 1.165) is 17.1 Å². The Labute approximate surface area is 377 Å². The van der Waals surface area contributed by atoms with E-state index >= 15 is 0 Å². The number of nitrogens with zero attached hydrogens (tertiary/aromatic N) is 2. The summed E-state index contributed by atoms with van der Waals surface area (Å²) in [5, 5.41) is 7.59. The molecular weight excluding hydrogens is 785 g/mol. The van der Waals surface area contributed by atoms with Gasteiger partial charge in [0.2, 0.25) is 0 Å². The van der Waals surface area contributed by atoms with E-state index in [4.69, 9.17) is 0 Å². The van der Waals surface area contributed by atoms with Gasteiger partial charge >= 0.3 is 0 Å². The summed E-state index contributed by atoms with van der Waals surface area (Å²) >= 11 is 0. The van der Waals surface area contributed by atoms with Gasteiger partial charge in [0.1, 0.15) is 0 Å². The van der Waals surface area contributed by atoms with Crippen molar-refractivity contribution >= 4 is 60.4 Å². The molecule has 0 saturated carbocycles. The van der Waals surface area contributed by atoms with Gasteiger partial charge in [0.25, 0.3) is 0 Å². The first-order valence-electron chi connectivity index (χ1n) is 22.6. The lowest BCUT2D eigenvalue weighted by atomic mass is 9.65. The lowest BCUT2D eigenvalue weighted by molar-refractivity contribution is 0.748. The third-order valence-electron chi connectivity index (χ3n) is 14.4. The van der Waals surface area contributed by atoms with Crippen molar-refractivity contribution in [3.05, 3.63) is 265 Å². The van der Waals surface area contributed by atoms with Crippen LogP contribution in [0.15, 0.2) is 243 Å². The molecule has 1 aliphatic carbocycles. The van der Waals surface area contributed by atoms with E-state index in [0.29, 0.717) is 0 Å². The molecule has 65 heavy (non-hydrogen) atoms. The average molecular weight is 825 g/mol. The van der Waals surface area contributed by atoms with Gasteiger partial charge in [-0.2, -0.15) is 0 Å². The number of aromatic nitrogens is 1. The number of hydrogen-bond acceptors (Lipinski definition) is 1. The number of hydrogen-bond donors (Lipinski definition) is 0. The van der Waals surface area contributed by atoms with Gasteiger partial charge in [-0.25, -0.2) is 0 Å². The second-order valence-electron chi connectivity index (χ2n) is 17.6. The van der Waals surface area contributed by atoms with Gasteiger partial charge in [-0.3, -0.25) is 0 Å². The molecule has 1 spiro atoms. The van der Waals surface area contributed by atoms with Crippen LogP contribution < -0.4 is 4.90 Å². The van der Waals surface area contributed by atoms with E-state index in [9.17, 15) is 0 Å². The minimum absolute atomic E-state index is 0.504. The van der Waals surface area contributed by atoms with Gasteiger partial charge in [0, 0.05) is 27.8 Å². The molecule has 2 heterocycles. The molecular formula is C63H40N2. The number of anilines is 3. The Balaban J connectivity index is 0.977. The molecule has 14 rings (SSSR count). The monoisotopic (exact) mass is 824 g/mol. The van der Waals surface area contributed by atoms with Crippen molar-refractivity contribution in [1.29, 1.82) is 0 Å². The van der Waals surface area contributed by atoms with Gasteiger partial charge in [-0.05, 0) is 126 Å². The number of benzene rings is 11. The lowest BCUT2D eigenvalue weighted by Gasteiger charge is -2.39. The number of rotatable bonds is 5. The van der Waals surface area contributed by atoms with Gasteiger partial charge in [0.15, 0.2) is 0 Å². The van der Waals surface area contributed by atoms with Crippen molar-refractivity contribution in [2.75, 3.05) is 4.90 Å². The second kappa shape index (κ2) is 13.8. The van der Waals surface area contributed by atoms with E-state index in [1.807, 2.05) is 0 Å². The minimum atomic E-state index is -0.504. The largest absolute Gasteiger partial charge is 0.310 e. The van der Waals surface area contributed by atoms with Crippen molar-refractivity contribution in [2.24, 2.45) is 0 Å². The second-order valence-corrected chi connectivity index (χ2v) is 17.6. The van der Waals surface area contributed by atoms with Crippen LogP contribution in [0.5, 0.6) is 0 Å². The zero-order valence-electron chi connectivity index (χ0n) is 35.5. The molecule has 12 aromatic rings. The molecule has 2 heteroatoms. The molecule has 0 bridgehead atoms. The maximum absolute atomic E-state index is 2.51. The van der Waals surface area contributed by atoms with Gasteiger partial charge in [0.05, 0.1) is 22.1 Å². The highest BCUT2D eigenvalue weighted by molar-refractivity contribution is 6.13. The first-order chi connectivity index (χ1) is 32.3. The van der Waals surface area contributed by atoms with E-state index in [-0.39, 0.29) is 0 Å². The molecule has 1 atom stereocenters. The molecule has 11 aromatic carbocycles. The van der Waals surface area contributed by atoms with Crippen molar-refractivity contribution in [1.82, 2.24) is 4.57 Å². The summed E-state index contributed by atoms with van der Waals surface area (Å²) in [5.74, 6) is 0. The molecule has 0 radical (unpaired) electrons. The van der Waals surface area contributed by atoms with Crippen LogP contribution in [0.25, 0.3) is 82.4 Å². The Morgan fingerprint density at radius 2 is 0.785 bits per heavy atom. The SMILES string of the molecule is c1ccc2c(c1)-c1cc(N(c3ccc(-c4cccc5ccccc45)cc3)c3ccc(-c4cccc5ccccc45)cc3)ccc1C21c2ccccc2-n2c3ccccc3c3cccc1c32. The summed E-state index contributed by atoms with van der Waals surface area (Å²) < 4.78 is 2.51. The van der Waals surface area contributed by atoms with Crippen LogP contribution in [0.2, 0.25) is 0 Å². The highest BCUT2D eigenvalue weighted by Gasteiger charge is 2.50. The van der Waals surface area contributed by atoms with Crippen LogP contribution in [0.1, 0.15) is 22.3 Å². The Morgan fingerprint density at radius 3 is 1.48 bits per heavy atom. The third kappa shape index (κ3) is 5.05. The summed E-state index contributed by atoms with van der Waals surface area (Å²) in [6, 6.07) is 90.1. The first kappa shape index (κ1) is 36.1. The molecule has 0 fully saturated rings. The molecule has 1 aliphatic heterocycles. The predicted octanol–water partition coefficient (Wildman–Crippen LogP) is 16.6. The fourth-order valence-corrected chi connectivity index (χ4v) is 11.7. The minimum Gasteiger partial charge on any atom is -0.310 e. The number of para-hydroxylation sites is 3. The Bertz CT molecular complexity index is 3760. The highest BCUT2D eigenvalue weighted by atomic mass is 15.1. The van der Waals surface area contributed by atoms with Crippen LogP contribution in [-0.4, -0.2) is 4.57 Å². The summed E-state index contributed by atoms with van der Waals surface area (Å²) in [5.41, 5.74) is 19.3. The van der Waals surface area contributed by atoms with Gasteiger partial charge in [-0.1, -0.05) is 194 Å². The molecule has 0 N–H and O–H groups in total. The normalized spacial score (nSPS) is 14.5. The van der Waals surface area contributed by atoms with Gasteiger partial charge < -0.3 is 9.47 Å². The Morgan fingerprint density at radius 1 is 0.308 bits per heavy atom. The topological polar surface area (TPSA) is 8.17 Å². The third-order valence-corrected chi connectivity index (χ3v) is 14.4. The van der Waals surface area contributed by atoms with Crippen molar-refractivity contribution in [3.8, 4) is 39.1 Å². The summed E-state index contributed by atoms with van der Waals surface area (Å²) in [4.78, 5) is 2.43. The summed E-state index contributed by atoms with van der Waals surface area (Å²) in [6.45, 7) is 0. The van der Waals surface area contributed by atoms with Gasteiger partial charge in [-0.15, -0.1) is 0 Å². The Kier molecular flexibility index (Phi) is 7.64. The van der Waals surface area contributed by atoms with Crippen LogP contribution in [0, 0.1) is 0 Å². The van der Waals surface area contributed by atoms with Crippen molar-refractivity contribution in [2.45, 2.75) is 5.41 Å². The van der Waals surface area contributed by atoms with Crippen LogP contribution in [0.3, 0.4) is 0 Å². The standard InChI is InChI=1S/C63H40N2/c1-3-18-48-41(14-1)16-11-22-50(48)43-30-34-45(35-31-43)64(46-36-32-44(33-37-46)51-23-12-17-42-15-2-4-19-49(42)51)47-38-39-57-55(40-47)52-20-5-7-25-56(52)63(57)58-26-8-10-29-61(58)65-60-28-9-6-21-53(60)54-24-13-27-59(63)62(54)65/h1-40H. The predicted molar refractivity (Wildman–Crippen MR) is 272 cm³/mol. The maximum atomic E-state index is 2.51. The Hall–Kier alpha value is -8.46. The van der Waals surface area contributed by atoms with E-state index in [1.54, 1.807) is 0 Å². The van der Waals surface area contributed by atoms with Crippen LogP contribution in [0.4, 0.5) is 17.1 Å². The zero-order valence-corrected chi connectivity index (χ0v) is 35.5.